The first kappa shape index (κ1) is 15.0. The summed E-state index contributed by atoms with van der Waals surface area (Å²) >= 11 is 0. The number of ether oxygens (including phenoxy) is 2. The van der Waals surface area contributed by atoms with Gasteiger partial charge in [0, 0.05) is 12.6 Å². The molecule has 1 saturated heterocycles. The maximum absolute atomic E-state index is 5.64. The molecule has 0 N–H and O–H groups in total. The molecule has 6 nitrogen and oxygen atoms in total. The van der Waals surface area contributed by atoms with Crippen molar-refractivity contribution in [2.45, 2.75) is 32.5 Å². The predicted octanol–water partition coefficient (Wildman–Crippen LogP) is 2.35. The SMILES string of the molecule is COc1ccccc1-c1noc(CN2C[C@@H](C)OC[C@@H]2C)n1. The lowest BCUT2D eigenvalue weighted by Gasteiger charge is -2.35. The zero-order valence-corrected chi connectivity index (χ0v) is 13.2. The molecule has 0 bridgehead atoms. The fourth-order valence-corrected chi connectivity index (χ4v) is 2.62. The minimum atomic E-state index is 0.229. The van der Waals surface area contributed by atoms with E-state index in [-0.39, 0.29) is 6.10 Å². The first-order valence-electron chi connectivity index (χ1n) is 7.49. The van der Waals surface area contributed by atoms with Gasteiger partial charge in [0.05, 0.1) is 31.9 Å². The van der Waals surface area contributed by atoms with E-state index in [9.17, 15) is 0 Å². The van der Waals surface area contributed by atoms with Gasteiger partial charge in [-0.1, -0.05) is 17.3 Å². The van der Waals surface area contributed by atoms with E-state index in [4.69, 9.17) is 14.0 Å². The van der Waals surface area contributed by atoms with E-state index >= 15 is 0 Å². The summed E-state index contributed by atoms with van der Waals surface area (Å²) in [6, 6.07) is 8.00. The number of methoxy groups -OCH3 is 1. The Kier molecular flexibility index (Phi) is 4.40. The summed E-state index contributed by atoms with van der Waals surface area (Å²) in [5.41, 5.74) is 0.836. The maximum Gasteiger partial charge on any atom is 0.241 e. The van der Waals surface area contributed by atoms with Crippen LogP contribution < -0.4 is 4.74 Å². The molecule has 0 aliphatic carbocycles. The van der Waals surface area contributed by atoms with Gasteiger partial charge >= 0.3 is 0 Å². The number of morpholine rings is 1. The summed E-state index contributed by atoms with van der Waals surface area (Å²) in [6.07, 6.45) is 0.229. The first-order chi connectivity index (χ1) is 10.7. The van der Waals surface area contributed by atoms with Crippen LogP contribution in [0.5, 0.6) is 5.75 Å². The first-order valence-corrected chi connectivity index (χ1v) is 7.49. The van der Waals surface area contributed by atoms with Crippen LogP contribution in [-0.2, 0) is 11.3 Å². The monoisotopic (exact) mass is 303 g/mol. The van der Waals surface area contributed by atoms with E-state index in [1.165, 1.54) is 0 Å². The van der Waals surface area contributed by atoms with Gasteiger partial charge in [-0.05, 0) is 26.0 Å². The summed E-state index contributed by atoms with van der Waals surface area (Å²) in [6.45, 7) is 6.45. The summed E-state index contributed by atoms with van der Waals surface area (Å²) in [5.74, 6) is 1.91. The molecule has 6 heteroatoms. The van der Waals surface area contributed by atoms with Crippen LogP contribution in [-0.4, -0.2) is 47.4 Å². The van der Waals surface area contributed by atoms with Crippen molar-refractivity contribution < 1.29 is 14.0 Å². The highest BCUT2D eigenvalue weighted by atomic mass is 16.5. The lowest BCUT2D eigenvalue weighted by Crippen LogP contribution is -2.46. The molecule has 1 fully saturated rings. The van der Waals surface area contributed by atoms with Crippen molar-refractivity contribution in [1.29, 1.82) is 0 Å². The van der Waals surface area contributed by atoms with Crippen molar-refractivity contribution in [2.24, 2.45) is 0 Å². The van der Waals surface area contributed by atoms with Crippen molar-refractivity contribution >= 4 is 0 Å². The molecule has 2 aromatic rings. The van der Waals surface area contributed by atoms with Gasteiger partial charge < -0.3 is 14.0 Å². The van der Waals surface area contributed by atoms with Crippen molar-refractivity contribution in [3.63, 3.8) is 0 Å². The molecule has 0 unspecified atom stereocenters. The molecule has 0 amide bonds. The van der Waals surface area contributed by atoms with Crippen LogP contribution >= 0.6 is 0 Å². The zero-order chi connectivity index (χ0) is 15.5. The Balaban J connectivity index is 1.76. The van der Waals surface area contributed by atoms with Gasteiger partial charge in [-0.2, -0.15) is 4.98 Å². The van der Waals surface area contributed by atoms with E-state index in [0.717, 1.165) is 24.5 Å². The molecule has 0 spiro atoms. The van der Waals surface area contributed by atoms with Crippen LogP contribution in [0.1, 0.15) is 19.7 Å². The second-order valence-corrected chi connectivity index (χ2v) is 5.63. The predicted molar refractivity (Wildman–Crippen MR) is 81.6 cm³/mol. The van der Waals surface area contributed by atoms with Gasteiger partial charge in [0.15, 0.2) is 0 Å². The highest BCUT2D eigenvalue weighted by Gasteiger charge is 2.25. The average molecular weight is 303 g/mol. The normalized spacial score (nSPS) is 22.7. The van der Waals surface area contributed by atoms with Gasteiger partial charge in [0.1, 0.15) is 5.75 Å². The Morgan fingerprint density at radius 1 is 1.32 bits per heavy atom. The Labute approximate surface area is 130 Å². The summed E-state index contributed by atoms with van der Waals surface area (Å²) < 4.78 is 16.4. The standard InChI is InChI=1S/C16H21N3O3/c1-11-10-21-12(2)8-19(11)9-15-17-16(18-22-15)13-6-4-5-7-14(13)20-3/h4-7,11-12H,8-10H2,1-3H3/t11-,12+/m0/s1. The molecule has 1 aliphatic heterocycles. The molecule has 1 aromatic carbocycles. The van der Waals surface area contributed by atoms with Gasteiger partial charge in [0.25, 0.3) is 0 Å². The van der Waals surface area contributed by atoms with E-state index in [1.54, 1.807) is 7.11 Å². The van der Waals surface area contributed by atoms with E-state index in [1.807, 2.05) is 24.3 Å². The molecular formula is C16H21N3O3. The summed E-state index contributed by atoms with van der Waals surface area (Å²) in [5, 5.41) is 4.08. The Hall–Kier alpha value is -1.92. The molecular weight excluding hydrogens is 282 g/mol. The number of rotatable bonds is 4. The number of nitrogens with zero attached hydrogens (tertiary/aromatic N) is 3. The number of benzene rings is 1. The summed E-state index contributed by atoms with van der Waals surface area (Å²) in [4.78, 5) is 6.80. The summed E-state index contributed by atoms with van der Waals surface area (Å²) in [7, 11) is 1.64. The quantitative estimate of drug-likeness (QED) is 0.864. The molecule has 118 valence electrons. The van der Waals surface area contributed by atoms with Crippen molar-refractivity contribution in [3.05, 3.63) is 30.2 Å². The van der Waals surface area contributed by atoms with Crippen molar-refractivity contribution in [1.82, 2.24) is 15.0 Å². The van der Waals surface area contributed by atoms with E-state index in [2.05, 4.69) is 28.9 Å². The Morgan fingerprint density at radius 2 is 2.14 bits per heavy atom. The second kappa shape index (κ2) is 6.46. The Morgan fingerprint density at radius 3 is 2.95 bits per heavy atom. The highest BCUT2D eigenvalue weighted by molar-refractivity contribution is 5.63. The molecule has 1 aliphatic rings. The third-order valence-corrected chi connectivity index (χ3v) is 3.89. The number of hydrogen-bond acceptors (Lipinski definition) is 6. The zero-order valence-electron chi connectivity index (χ0n) is 13.2. The molecule has 3 rings (SSSR count). The largest absolute Gasteiger partial charge is 0.496 e. The molecule has 0 saturated carbocycles. The molecule has 2 atom stereocenters. The number of aromatic nitrogens is 2. The average Bonchev–Trinajstić information content (AvgIpc) is 2.99. The fourth-order valence-electron chi connectivity index (χ4n) is 2.62. The van der Waals surface area contributed by atoms with Gasteiger partial charge in [-0.15, -0.1) is 0 Å². The van der Waals surface area contributed by atoms with Crippen molar-refractivity contribution in [3.8, 4) is 17.1 Å². The van der Waals surface area contributed by atoms with Gasteiger partial charge in [0.2, 0.25) is 11.7 Å². The van der Waals surface area contributed by atoms with Crippen LogP contribution in [0.4, 0.5) is 0 Å². The van der Waals surface area contributed by atoms with Crippen LogP contribution in [0, 0.1) is 0 Å². The lowest BCUT2D eigenvalue weighted by molar-refractivity contribution is -0.0555. The van der Waals surface area contributed by atoms with Crippen molar-refractivity contribution in [2.75, 3.05) is 20.3 Å². The maximum atomic E-state index is 5.64. The highest BCUT2D eigenvalue weighted by Crippen LogP contribution is 2.27. The number of hydrogen-bond donors (Lipinski definition) is 0. The number of para-hydroxylation sites is 1. The van der Waals surface area contributed by atoms with Crippen LogP contribution in [0.25, 0.3) is 11.4 Å². The van der Waals surface area contributed by atoms with Gasteiger partial charge in [-0.25, -0.2) is 0 Å². The van der Waals surface area contributed by atoms with E-state index < -0.39 is 0 Å². The minimum absolute atomic E-state index is 0.229. The molecule has 1 aromatic heterocycles. The minimum Gasteiger partial charge on any atom is -0.496 e. The molecule has 0 radical (unpaired) electrons. The van der Waals surface area contributed by atoms with Crippen LogP contribution in [0.2, 0.25) is 0 Å². The topological polar surface area (TPSA) is 60.6 Å². The third kappa shape index (κ3) is 3.13. The Bertz CT molecular complexity index is 629. The van der Waals surface area contributed by atoms with Gasteiger partial charge in [-0.3, -0.25) is 4.90 Å². The van der Waals surface area contributed by atoms with Crippen LogP contribution in [0.15, 0.2) is 28.8 Å². The third-order valence-electron chi connectivity index (χ3n) is 3.89. The van der Waals surface area contributed by atoms with Crippen LogP contribution in [0.3, 0.4) is 0 Å². The smallest absolute Gasteiger partial charge is 0.241 e. The lowest BCUT2D eigenvalue weighted by atomic mass is 10.2. The fraction of sp³-hybridized carbons (Fsp3) is 0.500. The second-order valence-electron chi connectivity index (χ2n) is 5.63. The van der Waals surface area contributed by atoms with E-state index in [0.29, 0.717) is 24.3 Å². The molecule has 2 heterocycles. The molecule has 22 heavy (non-hydrogen) atoms.